The lowest BCUT2D eigenvalue weighted by atomic mass is 10.0. The van der Waals surface area contributed by atoms with Crippen molar-refractivity contribution in [3.8, 4) is 0 Å². The highest BCUT2D eigenvalue weighted by atomic mass is 19.4. The molecule has 1 aromatic carbocycles. The summed E-state index contributed by atoms with van der Waals surface area (Å²) in [5.41, 5.74) is -1.50. The van der Waals surface area contributed by atoms with Crippen molar-refractivity contribution in [2.24, 2.45) is 0 Å². The number of aliphatic hydroxyl groups excluding tert-OH is 1. The molecule has 1 aromatic heterocycles. The van der Waals surface area contributed by atoms with Crippen molar-refractivity contribution in [1.29, 1.82) is 0 Å². The highest BCUT2D eigenvalue weighted by Crippen LogP contribution is 2.34. The molecule has 0 aliphatic rings. The number of aliphatic hydroxyl groups is 1. The second kappa shape index (κ2) is 4.45. The van der Waals surface area contributed by atoms with Gasteiger partial charge in [0.25, 0.3) is 0 Å². The molecular weight excluding hydrogens is 252 g/mol. The molecule has 1 unspecified atom stereocenters. The molecule has 2 nitrogen and oxygen atoms in total. The third-order valence-electron chi connectivity index (χ3n) is 2.42. The monoisotopic (exact) mass is 260 g/mol. The summed E-state index contributed by atoms with van der Waals surface area (Å²) in [6.07, 6.45) is -4.88. The van der Waals surface area contributed by atoms with E-state index in [0.29, 0.717) is 12.1 Å². The van der Waals surface area contributed by atoms with Gasteiger partial charge in [-0.25, -0.2) is 4.39 Å². The molecule has 2 aromatic rings. The predicted molar refractivity (Wildman–Crippen MR) is 54.2 cm³/mol. The third-order valence-corrected chi connectivity index (χ3v) is 2.42. The van der Waals surface area contributed by atoms with Crippen molar-refractivity contribution in [3.63, 3.8) is 0 Å². The lowest BCUT2D eigenvalue weighted by Gasteiger charge is -2.12. The van der Waals surface area contributed by atoms with E-state index in [9.17, 15) is 22.7 Å². The zero-order valence-electron chi connectivity index (χ0n) is 8.91. The van der Waals surface area contributed by atoms with Gasteiger partial charge >= 0.3 is 6.18 Å². The summed E-state index contributed by atoms with van der Waals surface area (Å²) < 4.78 is 55.4. The van der Waals surface area contributed by atoms with E-state index in [0.717, 1.165) is 6.07 Å². The van der Waals surface area contributed by atoms with Gasteiger partial charge < -0.3 is 9.52 Å². The van der Waals surface area contributed by atoms with E-state index in [2.05, 4.69) is 0 Å². The van der Waals surface area contributed by atoms with Gasteiger partial charge in [0.05, 0.1) is 11.8 Å². The van der Waals surface area contributed by atoms with E-state index >= 15 is 0 Å². The van der Waals surface area contributed by atoms with Crippen LogP contribution >= 0.6 is 0 Å². The molecule has 0 saturated carbocycles. The molecule has 18 heavy (non-hydrogen) atoms. The average molecular weight is 260 g/mol. The number of hydrogen-bond acceptors (Lipinski definition) is 2. The molecule has 6 heteroatoms. The van der Waals surface area contributed by atoms with Gasteiger partial charge in [-0.1, -0.05) is 6.07 Å². The van der Waals surface area contributed by atoms with E-state index in [1.807, 2.05) is 0 Å². The lowest BCUT2D eigenvalue weighted by Crippen LogP contribution is -2.10. The Kier molecular flexibility index (Phi) is 3.13. The van der Waals surface area contributed by atoms with Crippen LogP contribution < -0.4 is 0 Å². The van der Waals surface area contributed by atoms with Gasteiger partial charge in [0.1, 0.15) is 17.7 Å². The summed E-state index contributed by atoms with van der Waals surface area (Å²) >= 11 is 0. The van der Waals surface area contributed by atoms with E-state index in [1.54, 1.807) is 0 Å². The van der Waals surface area contributed by atoms with Crippen molar-refractivity contribution in [3.05, 3.63) is 59.3 Å². The van der Waals surface area contributed by atoms with Gasteiger partial charge in [0.15, 0.2) is 0 Å². The maximum Gasteiger partial charge on any atom is 0.419 e. The second-order valence-corrected chi connectivity index (χ2v) is 3.65. The molecule has 2 rings (SSSR count). The molecule has 1 heterocycles. The van der Waals surface area contributed by atoms with Crippen LogP contribution in [0.5, 0.6) is 0 Å². The lowest BCUT2D eigenvalue weighted by molar-refractivity contribution is -0.140. The quantitative estimate of drug-likeness (QED) is 0.838. The molecule has 0 aliphatic carbocycles. The summed E-state index contributed by atoms with van der Waals surface area (Å²) in [5.74, 6) is -1.28. The Morgan fingerprint density at radius 1 is 1.17 bits per heavy atom. The Hall–Kier alpha value is -1.82. The summed E-state index contributed by atoms with van der Waals surface area (Å²) in [6.45, 7) is 0. The standard InChI is InChI=1S/C12H8F4O2/c13-9-4-3-7(6-8(9)12(14,15)16)11(17)10-2-1-5-18-10/h1-6,11,17H. The van der Waals surface area contributed by atoms with Crippen molar-refractivity contribution in [1.82, 2.24) is 0 Å². The predicted octanol–water partition coefficient (Wildman–Crippen LogP) is 3.52. The normalized spacial score (nSPS) is 13.6. The molecule has 0 amide bonds. The number of rotatable bonds is 2. The minimum atomic E-state index is -4.80. The van der Waals surface area contributed by atoms with Crippen LogP contribution in [0.4, 0.5) is 17.6 Å². The number of hydrogen-bond donors (Lipinski definition) is 1. The van der Waals surface area contributed by atoms with Crippen molar-refractivity contribution >= 4 is 0 Å². The first-order valence-electron chi connectivity index (χ1n) is 4.97. The molecule has 1 atom stereocenters. The van der Waals surface area contributed by atoms with E-state index < -0.39 is 23.7 Å². The number of halogens is 4. The fourth-order valence-corrected chi connectivity index (χ4v) is 1.54. The molecule has 0 radical (unpaired) electrons. The molecule has 0 bridgehead atoms. The number of furan rings is 1. The van der Waals surface area contributed by atoms with E-state index in [-0.39, 0.29) is 11.3 Å². The molecular formula is C12H8F4O2. The van der Waals surface area contributed by atoms with Crippen molar-refractivity contribution in [2.45, 2.75) is 12.3 Å². The first-order chi connectivity index (χ1) is 8.39. The van der Waals surface area contributed by atoms with Crippen molar-refractivity contribution in [2.75, 3.05) is 0 Å². The maximum absolute atomic E-state index is 13.0. The SMILES string of the molecule is OC(c1ccc(F)c(C(F)(F)F)c1)c1ccco1. The van der Waals surface area contributed by atoms with E-state index in [1.165, 1.54) is 18.4 Å². The number of alkyl halides is 3. The first-order valence-corrected chi connectivity index (χ1v) is 4.97. The van der Waals surface area contributed by atoms with Crippen LogP contribution in [-0.2, 0) is 6.18 Å². The van der Waals surface area contributed by atoms with E-state index in [4.69, 9.17) is 4.42 Å². The summed E-state index contributed by atoms with van der Waals surface area (Å²) in [7, 11) is 0. The largest absolute Gasteiger partial charge is 0.466 e. The van der Waals surface area contributed by atoms with Crippen molar-refractivity contribution < 1.29 is 27.1 Å². The third kappa shape index (κ3) is 2.38. The van der Waals surface area contributed by atoms with Crippen LogP contribution in [0.15, 0.2) is 41.0 Å². The Labute approximate surface area is 99.5 Å². The summed E-state index contributed by atoms with van der Waals surface area (Å²) in [6, 6.07) is 5.23. The van der Waals surface area contributed by atoms with Crippen LogP contribution in [-0.4, -0.2) is 5.11 Å². The Bertz CT molecular complexity index is 532. The van der Waals surface area contributed by atoms with Gasteiger partial charge in [-0.05, 0) is 29.8 Å². The average Bonchev–Trinajstić information content (AvgIpc) is 2.80. The summed E-state index contributed by atoms with van der Waals surface area (Å²) in [5, 5.41) is 9.78. The minimum absolute atomic E-state index is 0.0846. The van der Waals surface area contributed by atoms with Crippen LogP contribution in [0, 0.1) is 5.82 Å². The van der Waals surface area contributed by atoms with Crippen LogP contribution in [0.25, 0.3) is 0 Å². The fourth-order valence-electron chi connectivity index (χ4n) is 1.54. The van der Waals surface area contributed by atoms with Gasteiger partial charge in [-0.2, -0.15) is 13.2 Å². The van der Waals surface area contributed by atoms with Crippen LogP contribution in [0.3, 0.4) is 0 Å². The smallest absolute Gasteiger partial charge is 0.419 e. The maximum atomic E-state index is 13.0. The Morgan fingerprint density at radius 3 is 2.44 bits per heavy atom. The fraction of sp³-hybridized carbons (Fsp3) is 0.167. The highest BCUT2D eigenvalue weighted by Gasteiger charge is 2.34. The molecule has 0 fully saturated rings. The van der Waals surface area contributed by atoms with Gasteiger partial charge in [-0.15, -0.1) is 0 Å². The van der Waals surface area contributed by atoms with Gasteiger partial charge in [0, 0.05) is 0 Å². The molecule has 0 spiro atoms. The second-order valence-electron chi connectivity index (χ2n) is 3.65. The van der Waals surface area contributed by atoms with Gasteiger partial charge in [0.2, 0.25) is 0 Å². The first kappa shape index (κ1) is 12.6. The number of benzene rings is 1. The van der Waals surface area contributed by atoms with Crippen LogP contribution in [0.2, 0.25) is 0 Å². The highest BCUT2D eigenvalue weighted by molar-refractivity contribution is 5.31. The minimum Gasteiger partial charge on any atom is -0.466 e. The Balaban J connectivity index is 2.42. The molecule has 0 saturated heterocycles. The van der Waals surface area contributed by atoms with Gasteiger partial charge in [-0.3, -0.25) is 0 Å². The zero-order valence-corrected chi connectivity index (χ0v) is 8.91. The zero-order chi connectivity index (χ0) is 13.3. The topological polar surface area (TPSA) is 33.4 Å². The molecule has 1 N–H and O–H groups in total. The molecule has 0 aliphatic heterocycles. The molecule has 96 valence electrons. The Morgan fingerprint density at radius 2 is 1.89 bits per heavy atom. The summed E-state index contributed by atoms with van der Waals surface area (Å²) in [4.78, 5) is 0. The van der Waals surface area contributed by atoms with Crippen LogP contribution in [0.1, 0.15) is 23.0 Å².